The molecule has 2 aromatic rings. The van der Waals surface area contributed by atoms with Gasteiger partial charge in [0.25, 0.3) is 0 Å². The van der Waals surface area contributed by atoms with Gasteiger partial charge in [-0.1, -0.05) is 30.3 Å². The van der Waals surface area contributed by atoms with Crippen molar-refractivity contribution < 1.29 is 18.7 Å². The van der Waals surface area contributed by atoms with Crippen LogP contribution in [0.5, 0.6) is 0 Å². The Labute approximate surface area is 159 Å². The van der Waals surface area contributed by atoms with E-state index in [0.29, 0.717) is 32.8 Å². The van der Waals surface area contributed by atoms with Crippen molar-refractivity contribution in [1.82, 2.24) is 10.2 Å². The average Bonchev–Trinajstić information content (AvgIpc) is 3.32. The number of carbonyl (C=O) groups excluding carboxylic acids is 2. The van der Waals surface area contributed by atoms with Gasteiger partial charge in [0.15, 0.2) is 0 Å². The number of rotatable bonds is 10. The second kappa shape index (κ2) is 9.92. The van der Waals surface area contributed by atoms with Crippen LogP contribution in [0, 0.1) is 5.92 Å². The first-order valence-electron chi connectivity index (χ1n) is 9.42. The van der Waals surface area contributed by atoms with Gasteiger partial charge in [-0.05, 0) is 30.5 Å². The predicted octanol–water partition coefficient (Wildman–Crippen LogP) is 2.39. The second-order valence-corrected chi connectivity index (χ2v) is 6.75. The fraction of sp³-hybridized carbons (Fsp3) is 0.429. The maximum Gasteiger partial charge on any atom is 0.225 e. The van der Waals surface area contributed by atoms with E-state index in [1.165, 1.54) is 5.56 Å². The fourth-order valence-corrected chi connectivity index (χ4v) is 3.16. The number of hydrogen-bond acceptors (Lipinski definition) is 4. The molecule has 1 aromatic carbocycles. The van der Waals surface area contributed by atoms with Crippen LogP contribution in [-0.4, -0.2) is 43.0 Å². The molecule has 1 N–H and O–H groups in total. The summed E-state index contributed by atoms with van der Waals surface area (Å²) in [7, 11) is 0. The summed E-state index contributed by atoms with van der Waals surface area (Å²) in [6.45, 7) is 2.72. The molecule has 144 valence electrons. The van der Waals surface area contributed by atoms with Gasteiger partial charge in [-0.3, -0.25) is 9.59 Å². The topological polar surface area (TPSA) is 71.8 Å². The lowest BCUT2D eigenvalue weighted by Gasteiger charge is -2.15. The molecule has 1 atom stereocenters. The minimum Gasteiger partial charge on any atom is -0.467 e. The van der Waals surface area contributed by atoms with Crippen LogP contribution in [0.2, 0.25) is 0 Å². The van der Waals surface area contributed by atoms with Crippen molar-refractivity contribution in [3.8, 4) is 0 Å². The summed E-state index contributed by atoms with van der Waals surface area (Å²) in [5.74, 6) is 0.383. The molecule has 1 saturated heterocycles. The summed E-state index contributed by atoms with van der Waals surface area (Å²) >= 11 is 0. The Balaban J connectivity index is 1.26. The molecule has 1 fully saturated rings. The molecule has 0 radical (unpaired) electrons. The Hall–Kier alpha value is -2.60. The van der Waals surface area contributed by atoms with E-state index in [4.69, 9.17) is 9.15 Å². The molecule has 2 amide bonds. The summed E-state index contributed by atoms with van der Waals surface area (Å²) in [4.78, 5) is 26.0. The van der Waals surface area contributed by atoms with Crippen LogP contribution in [0.1, 0.15) is 24.2 Å². The van der Waals surface area contributed by atoms with E-state index in [-0.39, 0.29) is 24.2 Å². The van der Waals surface area contributed by atoms with Crippen LogP contribution in [0.15, 0.2) is 53.1 Å². The molecule has 2 heterocycles. The van der Waals surface area contributed by atoms with Crippen LogP contribution in [-0.2, 0) is 27.3 Å². The fourth-order valence-electron chi connectivity index (χ4n) is 3.16. The lowest BCUT2D eigenvalue weighted by molar-refractivity contribution is -0.129. The number of carbonyl (C=O) groups is 2. The number of furan rings is 1. The number of hydrogen-bond donors (Lipinski definition) is 1. The highest BCUT2D eigenvalue weighted by Gasteiger charge is 2.34. The smallest absolute Gasteiger partial charge is 0.225 e. The molecule has 1 unspecified atom stereocenters. The molecule has 6 nitrogen and oxygen atoms in total. The van der Waals surface area contributed by atoms with Crippen molar-refractivity contribution in [2.24, 2.45) is 5.92 Å². The van der Waals surface area contributed by atoms with Crippen LogP contribution in [0.25, 0.3) is 0 Å². The Kier molecular flexibility index (Phi) is 7.04. The standard InChI is InChI=1S/C21H26N2O4/c24-20-14-18(15-23(20)16-19-8-4-12-27-19)21(25)22-10-5-11-26-13-9-17-6-2-1-3-7-17/h1-4,6-8,12,18H,5,9-11,13-16H2,(H,22,25). The molecular formula is C21H26N2O4. The van der Waals surface area contributed by atoms with Gasteiger partial charge in [0, 0.05) is 26.1 Å². The molecule has 27 heavy (non-hydrogen) atoms. The van der Waals surface area contributed by atoms with Crippen molar-refractivity contribution in [1.29, 1.82) is 0 Å². The zero-order valence-corrected chi connectivity index (χ0v) is 15.4. The number of benzene rings is 1. The summed E-state index contributed by atoms with van der Waals surface area (Å²) in [6, 6.07) is 13.8. The monoisotopic (exact) mass is 370 g/mol. The van der Waals surface area contributed by atoms with Crippen molar-refractivity contribution in [3.05, 3.63) is 60.1 Å². The van der Waals surface area contributed by atoms with Gasteiger partial charge >= 0.3 is 0 Å². The van der Waals surface area contributed by atoms with E-state index < -0.39 is 0 Å². The lowest BCUT2D eigenvalue weighted by Crippen LogP contribution is -2.33. The van der Waals surface area contributed by atoms with E-state index in [1.54, 1.807) is 17.2 Å². The summed E-state index contributed by atoms with van der Waals surface area (Å²) < 4.78 is 10.9. The van der Waals surface area contributed by atoms with E-state index in [1.807, 2.05) is 24.3 Å². The largest absolute Gasteiger partial charge is 0.467 e. The first-order valence-corrected chi connectivity index (χ1v) is 9.42. The first kappa shape index (κ1) is 19.2. The van der Waals surface area contributed by atoms with Crippen LogP contribution in [0.4, 0.5) is 0 Å². The van der Waals surface area contributed by atoms with Crippen molar-refractivity contribution >= 4 is 11.8 Å². The highest BCUT2D eigenvalue weighted by Crippen LogP contribution is 2.20. The highest BCUT2D eigenvalue weighted by molar-refractivity contribution is 5.89. The molecule has 0 bridgehead atoms. The molecule has 3 rings (SSSR count). The van der Waals surface area contributed by atoms with Gasteiger partial charge in [-0.15, -0.1) is 0 Å². The van der Waals surface area contributed by atoms with Crippen molar-refractivity contribution in [2.75, 3.05) is 26.3 Å². The average molecular weight is 370 g/mol. The Morgan fingerprint density at radius 1 is 1.19 bits per heavy atom. The normalized spacial score (nSPS) is 16.7. The minimum absolute atomic E-state index is 0.00389. The Morgan fingerprint density at radius 2 is 2.04 bits per heavy atom. The molecule has 6 heteroatoms. The second-order valence-electron chi connectivity index (χ2n) is 6.75. The Bertz CT molecular complexity index is 715. The molecule has 1 aliphatic heterocycles. The molecule has 0 aliphatic carbocycles. The maximum absolute atomic E-state index is 12.3. The summed E-state index contributed by atoms with van der Waals surface area (Å²) in [5, 5.41) is 2.91. The van der Waals surface area contributed by atoms with Crippen LogP contribution in [0.3, 0.4) is 0 Å². The highest BCUT2D eigenvalue weighted by atomic mass is 16.5. The predicted molar refractivity (Wildman–Crippen MR) is 101 cm³/mol. The van der Waals surface area contributed by atoms with Crippen LogP contribution < -0.4 is 5.32 Å². The zero-order chi connectivity index (χ0) is 18.9. The summed E-state index contributed by atoms with van der Waals surface area (Å²) in [6.07, 6.45) is 3.50. The third kappa shape index (κ3) is 5.96. The zero-order valence-electron chi connectivity index (χ0n) is 15.4. The first-order chi connectivity index (χ1) is 13.2. The van der Waals surface area contributed by atoms with Crippen molar-refractivity contribution in [3.63, 3.8) is 0 Å². The van der Waals surface area contributed by atoms with Gasteiger partial charge in [0.05, 0.1) is 25.3 Å². The molecule has 1 aliphatic rings. The summed E-state index contributed by atoms with van der Waals surface area (Å²) in [5.41, 5.74) is 1.26. The van der Waals surface area contributed by atoms with Gasteiger partial charge in [0.2, 0.25) is 11.8 Å². The van der Waals surface area contributed by atoms with Crippen molar-refractivity contribution in [2.45, 2.75) is 25.8 Å². The third-order valence-electron chi connectivity index (χ3n) is 4.65. The maximum atomic E-state index is 12.3. The number of amides is 2. The number of likely N-dealkylation sites (tertiary alicyclic amines) is 1. The number of nitrogens with one attached hydrogen (secondary N) is 1. The van der Waals surface area contributed by atoms with E-state index >= 15 is 0 Å². The SMILES string of the molecule is O=C(NCCCOCCc1ccccc1)C1CC(=O)N(Cc2ccco2)C1. The van der Waals surface area contributed by atoms with Gasteiger partial charge in [0.1, 0.15) is 5.76 Å². The van der Waals surface area contributed by atoms with E-state index in [0.717, 1.165) is 18.6 Å². The van der Waals surface area contributed by atoms with Gasteiger partial charge < -0.3 is 19.4 Å². The van der Waals surface area contributed by atoms with Crippen LogP contribution >= 0.6 is 0 Å². The lowest BCUT2D eigenvalue weighted by atomic mass is 10.1. The number of nitrogens with zero attached hydrogens (tertiary/aromatic N) is 1. The van der Waals surface area contributed by atoms with Gasteiger partial charge in [-0.25, -0.2) is 0 Å². The molecule has 0 saturated carbocycles. The third-order valence-corrected chi connectivity index (χ3v) is 4.65. The number of ether oxygens (including phenoxy) is 1. The van der Waals surface area contributed by atoms with E-state index in [9.17, 15) is 9.59 Å². The Morgan fingerprint density at radius 3 is 2.81 bits per heavy atom. The molecular weight excluding hydrogens is 344 g/mol. The quantitative estimate of drug-likeness (QED) is 0.652. The molecule has 1 aromatic heterocycles. The minimum atomic E-state index is -0.286. The van der Waals surface area contributed by atoms with E-state index in [2.05, 4.69) is 17.4 Å². The molecule has 0 spiro atoms. The van der Waals surface area contributed by atoms with Gasteiger partial charge in [-0.2, -0.15) is 0 Å².